The summed E-state index contributed by atoms with van der Waals surface area (Å²) in [5.74, 6) is -10.9. The fraction of sp³-hybridized carbons (Fsp3) is 0.667. The van der Waals surface area contributed by atoms with Crippen LogP contribution in [-0.2, 0) is 0 Å². The summed E-state index contributed by atoms with van der Waals surface area (Å²) in [6.07, 6.45) is -6.96. The first-order chi connectivity index (χ1) is 5.64. The summed E-state index contributed by atoms with van der Waals surface area (Å²) < 4.78 is 82.3. The van der Waals surface area contributed by atoms with Crippen molar-refractivity contribution in [2.24, 2.45) is 0 Å². The zero-order valence-corrected chi connectivity index (χ0v) is 6.35. The molecule has 0 bridgehead atoms. The first-order valence-corrected chi connectivity index (χ1v) is 3.13. The highest BCUT2D eigenvalue weighted by molar-refractivity contribution is 5.11. The first kappa shape index (κ1) is 12.2. The van der Waals surface area contributed by atoms with E-state index in [1.54, 1.807) is 0 Å². The predicted octanol–water partition coefficient (Wildman–Crippen LogP) is 3.74. The Morgan fingerprint density at radius 3 is 1.62 bits per heavy atom. The molecule has 0 aromatic carbocycles. The Labute approximate surface area is 69.0 Å². The predicted molar refractivity (Wildman–Crippen MR) is 30.5 cm³/mol. The van der Waals surface area contributed by atoms with Crippen molar-refractivity contribution in [3.8, 4) is 0 Å². The molecule has 0 unspecified atom stereocenters. The fourth-order valence-electron chi connectivity index (χ4n) is 0.450. The minimum Gasteiger partial charge on any atom is -0.209 e. The molecule has 0 nitrogen and oxygen atoms in total. The van der Waals surface area contributed by atoms with Crippen LogP contribution in [-0.4, -0.2) is 12.1 Å². The van der Waals surface area contributed by atoms with Crippen molar-refractivity contribution in [2.75, 3.05) is 0 Å². The van der Waals surface area contributed by atoms with Crippen molar-refractivity contribution >= 4 is 0 Å². The summed E-state index contributed by atoms with van der Waals surface area (Å²) in [6, 6.07) is 0. The molecule has 0 spiro atoms. The van der Waals surface area contributed by atoms with Gasteiger partial charge in [-0.05, 0) is 6.42 Å². The molecular formula is C6H5F7. The lowest BCUT2D eigenvalue weighted by Gasteiger charge is -2.17. The fourth-order valence-corrected chi connectivity index (χ4v) is 0.450. The summed E-state index contributed by atoms with van der Waals surface area (Å²) in [5, 5.41) is 0. The summed E-state index contributed by atoms with van der Waals surface area (Å²) in [4.78, 5) is 0. The van der Waals surface area contributed by atoms with Crippen molar-refractivity contribution in [2.45, 2.75) is 25.4 Å². The molecule has 0 aromatic heterocycles. The van der Waals surface area contributed by atoms with Crippen LogP contribution >= 0.6 is 0 Å². The second kappa shape index (κ2) is 3.55. The molecule has 0 fully saturated rings. The number of hydrogen-bond donors (Lipinski definition) is 0. The van der Waals surface area contributed by atoms with Crippen molar-refractivity contribution in [3.63, 3.8) is 0 Å². The molecule has 0 aliphatic rings. The summed E-state index contributed by atoms with van der Waals surface area (Å²) in [5.41, 5.74) is 0. The van der Waals surface area contributed by atoms with E-state index in [-0.39, 0.29) is 0 Å². The number of allylic oxidation sites excluding steroid dienone is 2. The molecule has 13 heavy (non-hydrogen) atoms. The van der Waals surface area contributed by atoms with Gasteiger partial charge < -0.3 is 0 Å². The largest absolute Gasteiger partial charge is 0.460 e. The Bertz CT molecular complexity index is 212. The second-order valence-corrected chi connectivity index (χ2v) is 2.14. The van der Waals surface area contributed by atoms with Crippen molar-refractivity contribution < 1.29 is 30.7 Å². The topological polar surface area (TPSA) is 0 Å². The van der Waals surface area contributed by atoms with Crippen LogP contribution in [0.3, 0.4) is 0 Å². The van der Waals surface area contributed by atoms with Gasteiger partial charge in [-0.1, -0.05) is 6.92 Å². The van der Waals surface area contributed by atoms with Gasteiger partial charge in [0.25, 0.3) is 0 Å². The third-order valence-electron chi connectivity index (χ3n) is 1.18. The molecular weight excluding hydrogens is 205 g/mol. The quantitative estimate of drug-likeness (QED) is 0.609. The molecule has 0 rings (SSSR count). The molecule has 0 amide bonds. The van der Waals surface area contributed by atoms with Gasteiger partial charge in [-0.25, -0.2) is 8.78 Å². The van der Waals surface area contributed by atoms with Gasteiger partial charge in [-0.15, -0.1) is 0 Å². The monoisotopic (exact) mass is 210 g/mol. The van der Waals surface area contributed by atoms with Gasteiger partial charge in [0.1, 0.15) is 5.83 Å². The lowest BCUT2D eigenvalue weighted by Crippen LogP contribution is -2.37. The average molecular weight is 210 g/mol. The molecule has 0 saturated heterocycles. The van der Waals surface area contributed by atoms with E-state index in [1.165, 1.54) is 0 Å². The maximum absolute atomic E-state index is 12.1. The van der Waals surface area contributed by atoms with E-state index in [2.05, 4.69) is 0 Å². The minimum atomic E-state index is -6.11. The SMILES string of the molecule is CC/C(F)=C(\F)C(F)(F)C(F)(F)F. The third-order valence-corrected chi connectivity index (χ3v) is 1.18. The van der Waals surface area contributed by atoms with Crippen LogP contribution < -0.4 is 0 Å². The molecule has 0 saturated carbocycles. The Balaban J connectivity index is 5.07. The molecule has 0 N–H and O–H groups in total. The maximum atomic E-state index is 12.1. The van der Waals surface area contributed by atoms with E-state index in [0.29, 0.717) is 0 Å². The summed E-state index contributed by atoms with van der Waals surface area (Å²) >= 11 is 0. The molecule has 0 aromatic rings. The van der Waals surface area contributed by atoms with E-state index in [0.717, 1.165) is 6.92 Å². The Kier molecular flexibility index (Phi) is 3.34. The van der Waals surface area contributed by atoms with Gasteiger partial charge in [0.15, 0.2) is 0 Å². The van der Waals surface area contributed by atoms with Crippen LogP contribution in [0.2, 0.25) is 0 Å². The van der Waals surface area contributed by atoms with Gasteiger partial charge in [0, 0.05) is 0 Å². The Morgan fingerprint density at radius 1 is 1.00 bits per heavy atom. The zero-order chi connectivity index (χ0) is 10.9. The smallest absolute Gasteiger partial charge is 0.209 e. The van der Waals surface area contributed by atoms with Crippen molar-refractivity contribution in [1.82, 2.24) is 0 Å². The van der Waals surface area contributed by atoms with E-state index < -0.39 is 30.2 Å². The number of hydrogen-bond acceptors (Lipinski definition) is 0. The minimum absolute atomic E-state index is 0.850. The summed E-state index contributed by atoms with van der Waals surface area (Å²) in [7, 11) is 0. The third kappa shape index (κ3) is 2.35. The Hall–Kier alpha value is -0.750. The van der Waals surface area contributed by atoms with E-state index >= 15 is 0 Å². The van der Waals surface area contributed by atoms with E-state index in [1.807, 2.05) is 0 Å². The van der Waals surface area contributed by atoms with Crippen molar-refractivity contribution in [3.05, 3.63) is 11.7 Å². The maximum Gasteiger partial charge on any atom is 0.460 e. The first-order valence-electron chi connectivity index (χ1n) is 3.13. The van der Waals surface area contributed by atoms with Crippen LogP contribution in [0.25, 0.3) is 0 Å². The number of halogens is 7. The van der Waals surface area contributed by atoms with Crippen molar-refractivity contribution in [1.29, 1.82) is 0 Å². The van der Waals surface area contributed by atoms with Gasteiger partial charge in [-0.2, -0.15) is 22.0 Å². The van der Waals surface area contributed by atoms with Gasteiger partial charge in [0.2, 0.25) is 5.83 Å². The van der Waals surface area contributed by atoms with Crippen LogP contribution in [0, 0.1) is 0 Å². The van der Waals surface area contributed by atoms with Crippen LogP contribution in [0.15, 0.2) is 11.7 Å². The highest BCUT2D eigenvalue weighted by Gasteiger charge is 2.62. The normalized spacial score (nSPS) is 15.7. The molecule has 7 heteroatoms. The molecule has 0 heterocycles. The van der Waals surface area contributed by atoms with Crippen LogP contribution in [0.1, 0.15) is 13.3 Å². The highest BCUT2D eigenvalue weighted by atomic mass is 19.4. The molecule has 0 radical (unpaired) electrons. The van der Waals surface area contributed by atoms with Gasteiger partial charge in [0.05, 0.1) is 0 Å². The second-order valence-electron chi connectivity index (χ2n) is 2.14. The number of alkyl halides is 5. The standard InChI is InChI=1S/C6H5F7/c1-2-3(7)4(8)5(9,10)6(11,12)13/h2H2,1H3/b4-3+. The molecule has 0 aliphatic carbocycles. The van der Waals surface area contributed by atoms with Crippen LogP contribution in [0.4, 0.5) is 30.7 Å². The molecule has 0 atom stereocenters. The summed E-state index contributed by atoms with van der Waals surface area (Å²) in [6.45, 7) is 0.918. The van der Waals surface area contributed by atoms with E-state index in [4.69, 9.17) is 0 Å². The average Bonchev–Trinajstić information content (AvgIpc) is 1.99. The number of rotatable bonds is 2. The zero-order valence-electron chi connectivity index (χ0n) is 6.35. The van der Waals surface area contributed by atoms with E-state index in [9.17, 15) is 30.7 Å². The molecule has 78 valence electrons. The van der Waals surface area contributed by atoms with Gasteiger partial charge in [-0.3, -0.25) is 0 Å². The lowest BCUT2D eigenvalue weighted by atomic mass is 10.2. The van der Waals surface area contributed by atoms with Crippen LogP contribution in [0.5, 0.6) is 0 Å². The Morgan fingerprint density at radius 2 is 1.38 bits per heavy atom. The lowest BCUT2D eigenvalue weighted by molar-refractivity contribution is -0.271. The highest BCUT2D eigenvalue weighted by Crippen LogP contribution is 2.43. The molecule has 0 aliphatic heterocycles. The van der Waals surface area contributed by atoms with Gasteiger partial charge >= 0.3 is 12.1 Å².